The van der Waals surface area contributed by atoms with Crippen LogP contribution < -0.4 is 0 Å². The second-order valence-corrected chi connectivity index (χ2v) is 4.02. The second kappa shape index (κ2) is 7.38. The molecule has 0 heterocycles. The van der Waals surface area contributed by atoms with E-state index in [9.17, 15) is 4.79 Å². The van der Waals surface area contributed by atoms with Crippen LogP contribution in [0.3, 0.4) is 0 Å². The van der Waals surface area contributed by atoms with Gasteiger partial charge >= 0.3 is 5.97 Å². The Bertz CT molecular complexity index is 186. The van der Waals surface area contributed by atoms with Crippen molar-refractivity contribution in [2.24, 2.45) is 5.41 Å². The van der Waals surface area contributed by atoms with Crippen molar-refractivity contribution in [2.75, 3.05) is 24.7 Å². The fourth-order valence-corrected chi connectivity index (χ4v) is 2.03. The van der Waals surface area contributed by atoms with Gasteiger partial charge in [-0.15, -0.1) is 0 Å². The Labute approximate surface area is 101 Å². The number of rotatable bonds is 7. The molecular weight excluding hydrogens is 236 g/mol. The largest absolute Gasteiger partial charge is 0.462 e. The van der Waals surface area contributed by atoms with Crippen LogP contribution in [0.1, 0.15) is 13.3 Å². The molecule has 0 fully saturated rings. The predicted molar refractivity (Wildman–Crippen MR) is 64.5 cm³/mol. The van der Waals surface area contributed by atoms with Gasteiger partial charge in [0.15, 0.2) is 0 Å². The van der Waals surface area contributed by atoms with Crippen molar-refractivity contribution in [3.63, 3.8) is 0 Å². The molecule has 0 saturated heterocycles. The maximum atomic E-state index is 11.7. The molecule has 0 amide bonds. The predicted octanol–water partition coefficient (Wildman–Crippen LogP) is 0.139. The van der Waals surface area contributed by atoms with Gasteiger partial charge in [0.2, 0.25) is 0 Å². The lowest BCUT2D eigenvalue weighted by atomic mass is 9.90. The van der Waals surface area contributed by atoms with E-state index in [2.05, 4.69) is 25.3 Å². The van der Waals surface area contributed by atoms with Crippen LogP contribution in [0.25, 0.3) is 0 Å². The van der Waals surface area contributed by atoms with Crippen molar-refractivity contribution in [3.8, 4) is 0 Å². The Balaban J connectivity index is 4.27. The third kappa shape index (κ3) is 4.22. The Morgan fingerprint density at radius 2 is 2.00 bits per heavy atom. The summed E-state index contributed by atoms with van der Waals surface area (Å²) in [7, 11) is 0. The first kappa shape index (κ1) is 15.1. The molecule has 0 aliphatic heterocycles. The van der Waals surface area contributed by atoms with Crippen molar-refractivity contribution in [1.29, 1.82) is 0 Å². The quantitative estimate of drug-likeness (QED) is 0.385. The molecule has 0 rings (SSSR count). The molecule has 0 radical (unpaired) electrons. The van der Waals surface area contributed by atoms with Gasteiger partial charge in [0, 0.05) is 11.5 Å². The zero-order valence-corrected chi connectivity index (χ0v) is 10.5. The van der Waals surface area contributed by atoms with Crippen molar-refractivity contribution in [1.82, 2.24) is 0 Å². The highest BCUT2D eigenvalue weighted by Crippen LogP contribution is 2.27. The molecule has 0 aromatic heterocycles. The molecule has 1 atom stereocenters. The van der Waals surface area contributed by atoms with E-state index in [1.807, 2.05) is 6.92 Å². The Morgan fingerprint density at radius 1 is 1.47 bits per heavy atom. The van der Waals surface area contributed by atoms with Crippen LogP contribution in [0.15, 0.2) is 0 Å². The van der Waals surface area contributed by atoms with Crippen molar-refractivity contribution < 1.29 is 19.7 Å². The normalized spacial score (nSPS) is 13.7. The Morgan fingerprint density at radius 3 is 2.33 bits per heavy atom. The molecule has 1 unspecified atom stereocenters. The molecule has 6 heteroatoms. The minimum atomic E-state index is -1.02. The summed E-state index contributed by atoms with van der Waals surface area (Å²) in [5, 5.41) is 17.6. The Hall–Kier alpha value is 0.0900. The van der Waals surface area contributed by atoms with Gasteiger partial charge < -0.3 is 14.9 Å². The molecular formula is C9H18O4S2. The van der Waals surface area contributed by atoms with Gasteiger partial charge in [0.25, 0.3) is 0 Å². The molecule has 0 aromatic carbocycles. The van der Waals surface area contributed by atoms with E-state index >= 15 is 0 Å². The van der Waals surface area contributed by atoms with Gasteiger partial charge in [-0.2, -0.15) is 25.3 Å². The number of esters is 1. The van der Waals surface area contributed by atoms with Gasteiger partial charge in [-0.1, -0.05) is 6.92 Å². The van der Waals surface area contributed by atoms with Crippen LogP contribution in [-0.2, 0) is 9.53 Å². The minimum Gasteiger partial charge on any atom is -0.462 e. The second-order valence-electron chi connectivity index (χ2n) is 3.38. The van der Waals surface area contributed by atoms with Crippen molar-refractivity contribution >= 4 is 31.2 Å². The van der Waals surface area contributed by atoms with Gasteiger partial charge in [-0.05, 0) is 6.42 Å². The first-order valence-corrected chi connectivity index (χ1v) is 6.00. The zero-order chi connectivity index (χ0) is 11.9. The smallest absolute Gasteiger partial charge is 0.313 e. The highest BCUT2D eigenvalue weighted by molar-refractivity contribution is 7.81. The maximum absolute atomic E-state index is 11.7. The first-order valence-electron chi connectivity index (χ1n) is 4.74. The number of aliphatic hydroxyl groups excluding tert-OH is 2. The van der Waals surface area contributed by atoms with Crippen LogP contribution in [0.2, 0.25) is 0 Å². The first-order chi connectivity index (χ1) is 7.06. The monoisotopic (exact) mass is 254 g/mol. The van der Waals surface area contributed by atoms with Crippen molar-refractivity contribution in [3.05, 3.63) is 0 Å². The molecule has 4 nitrogen and oxygen atoms in total. The molecule has 0 bridgehead atoms. The SMILES string of the molecule is CCC(CS)(CS)C(=O)OCC(O)CO. The number of thiol groups is 2. The van der Waals surface area contributed by atoms with E-state index in [4.69, 9.17) is 14.9 Å². The summed E-state index contributed by atoms with van der Waals surface area (Å²) in [5.74, 6) is 0.268. The minimum absolute atomic E-state index is 0.196. The highest BCUT2D eigenvalue weighted by atomic mass is 32.1. The number of carbonyl (C=O) groups excluding carboxylic acids is 1. The molecule has 0 saturated carbocycles. The van der Waals surface area contributed by atoms with Gasteiger partial charge in [-0.3, -0.25) is 4.79 Å². The van der Waals surface area contributed by atoms with E-state index in [0.717, 1.165) is 0 Å². The summed E-state index contributed by atoms with van der Waals surface area (Å²) < 4.78 is 4.89. The fourth-order valence-electron chi connectivity index (χ4n) is 0.925. The number of carbonyl (C=O) groups is 1. The summed E-state index contributed by atoms with van der Waals surface area (Å²) in [6.07, 6.45) is -0.447. The molecule has 90 valence electrons. The molecule has 2 N–H and O–H groups in total. The lowest BCUT2D eigenvalue weighted by Gasteiger charge is -2.26. The Kier molecular flexibility index (Phi) is 7.42. The molecule has 0 spiro atoms. The van der Waals surface area contributed by atoms with Crippen LogP contribution in [0.4, 0.5) is 0 Å². The van der Waals surface area contributed by atoms with E-state index in [-0.39, 0.29) is 6.61 Å². The standard InChI is InChI=1S/C9H18O4S2/c1-2-9(5-14,6-15)8(12)13-4-7(11)3-10/h7,10-11,14-15H,2-6H2,1H3. The summed E-state index contributed by atoms with van der Waals surface area (Å²) in [4.78, 5) is 11.7. The topological polar surface area (TPSA) is 66.8 Å². The summed E-state index contributed by atoms with van der Waals surface area (Å²) >= 11 is 8.21. The molecule has 0 aromatic rings. The van der Waals surface area contributed by atoms with Crippen LogP contribution >= 0.6 is 25.3 Å². The van der Waals surface area contributed by atoms with Crippen LogP contribution in [0, 0.1) is 5.41 Å². The summed E-state index contributed by atoms with van der Waals surface area (Å²) in [6, 6.07) is 0. The molecule has 0 aliphatic rings. The third-order valence-electron chi connectivity index (χ3n) is 2.33. The van der Waals surface area contributed by atoms with E-state index in [1.165, 1.54) is 0 Å². The summed E-state index contributed by atoms with van der Waals surface area (Å²) in [6.45, 7) is 1.24. The maximum Gasteiger partial charge on any atom is 0.313 e. The highest BCUT2D eigenvalue weighted by Gasteiger charge is 2.35. The van der Waals surface area contributed by atoms with Gasteiger partial charge in [0.1, 0.15) is 12.7 Å². The number of aliphatic hydroxyl groups is 2. The molecule has 0 aliphatic carbocycles. The number of ether oxygens (including phenoxy) is 1. The lowest BCUT2D eigenvalue weighted by Crippen LogP contribution is -2.38. The lowest BCUT2D eigenvalue weighted by molar-refractivity contribution is -0.157. The van der Waals surface area contributed by atoms with E-state index in [0.29, 0.717) is 17.9 Å². The van der Waals surface area contributed by atoms with Crippen LogP contribution in [0.5, 0.6) is 0 Å². The zero-order valence-electron chi connectivity index (χ0n) is 8.72. The average molecular weight is 254 g/mol. The van der Waals surface area contributed by atoms with Crippen LogP contribution in [-0.4, -0.2) is 47.0 Å². The molecule has 15 heavy (non-hydrogen) atoms. The average Bonchev–Trinajstić information content (AvgIpc) is 2.28. The number of hydrogen-bond acceptors (Lipinski definition) is 6. The fraction of sp³-hybridized carbons (Fsp3) is 0.889. The number of hydrogen-bond donors (Lipinski definition) is 4. The van der Waals surface area contributed by atoms with Gasteiger partial charge in [0.05, 0.1) is 12.0 Å². The van der Waals surface area contributed by atoms with Crippen molar-refractivity contribution in [2.45, 2.75) is 19.4 Å². The van der Waals surface area contributed by atoms with Gasteiger partial charge in [-0.25, -0.2) is 0 Å². The summed E-state index contributed by atoms with van der Waals surface area (Å²) in [5.41, 5.74) is -0.707. The van der Waals surface area contributed by atoms with E-state index in [1.54, 1.807) is 0 Å². The van der Waals surface area contributed by atoms with E-state index < -0.39 is 24.1 Å². The third-order valence-corrected chi connectivity index (χ3v) is 3.54.